The molecule has 0 bridgehead atoms. The minimum absolute atomic E-state index is 0.0845. The van der Waals surface area contributed by atoms with E-state index in [0.717, 1.165) is 5.56 Å². The van der Waals surface area contributed by atoms with Gasteiger partial charge in [-0.1, -0.05) is 36.4 Å². The van der Waals surface area contributed by atoms with Crippen molar-refractivity contribution < 1.29 is 14.6 Å². The molecule has 0 saturated carbocycles. The zero-order chi connectivity index (χ0) is 17.8. The van der Waals surface area contributed by atoms with Crippen molar-refractivity contribution in [3.05, 3.63) is 59.7 Å². The van der Waals surface area contributed by atoms with Gasteiger partial charge in [0.25, 0.3) is 5.91 Å². The Labute approximate surface area is 146 Å². The molecule has 132 valence electrons. The fourth-order valence-electron chi connectivity index (χ4n) is 3.18. The number of carbonyl (C=O) groups excluding carboxylic acids is 1. The van der Waals surface area contributed by atoms with E-state index in [9.17, 15) is 9.90 Å². The van der Waals surface area contributed by atoms with Gasteiger partial charge in [0.05, 0.1) is 6.04 Å². The van der Waals surface area contributed by atoms with Gasteiger partial charge < -0.3 is 9.84 Å². The molecule has 1 heterocycles. The maximum absolute atomic E-state index is 11.1. The van der Waals surface area contributed by atoms with Crippen LogP contribution < -0.4 is 26.9 Å². The summed E-state index contributed by atoms with van der Waals surface area (Å²) in [6, 6.07) is 15.3. The van der Waals surface area contributed by atoms with Gasteiger partial charge in [0.2, 0.25) is 0 Å². The monoisotopic (exact) mass is 342 g/mol. The first kappa shape index (κ1) is 17.2. The Morgan fingerprint density at radius 1 is 1.24 bits per heavy atom. The molecule has 0 aromatic heterocycles. The van der Waals surface area contributed by atoms with Crippen molar-refractivity contribution in [3.63, 3.8) is 0 Å². The number of nitrogens with one attached hydrogen (secondary N) is 3. The highest BCUT2D eigenvalue weighted by molar-refractivity contribution is 5.76. The van der Waals surface area contributed by atoms with E-state index in [2.05, 4.69) is 29.9 Å². The minimum Gasteiger partial charge on any atom is -0.507 e. The van der Waals surface area contributed by atoms with Gasteiger partial charge in [-0.25, -0.2) is 11.3 Å². The summed E-state index contributed by atoms with van der Waals surface area (Å²) in [7, 11) is 0. The Hall–Kier alpha value is -2.61. The largest absolute Gasteiger partial charge is 0.507 e. The summed E-state index contributed by atoms with van der Waals surface area (Å²) in [5, 5.41) is 10.5. The highest BCUT2D eigenvalue weighted by atomic mass is 16.5. The molecule has 1 aliphatic heterocycles. The third-order valence-corrected chi connectivity index (χ3v) is 4.42. The predicted molar refractivity (Wildman–Crippen MR) is 93.6 cm³/mol. The van der Waals surface area contributed by atoms with Crippen molar-refractivity contribution in [3.8, 4) is 11.5 Å². The van der Waals surface area contributed by atoms with Gasteiger partial charge in [-0.05, 0) is 18.6 Å². The Bertz CT molecular complexity index is 738. The van der Waals surface area contributed by atoms with Gasteiger partial charge in [-0.15, -0.1) is 0 Å². The van der Waals surface area contributed by atoms with E-state index in [1.807, 2.05) is 23.6 Å². The maximum Gasteiger partial charge on any atom is 0.271 e. The molecule has 2 aromatic carbocycles. The Balaban J connectivity index is 1.82. The van der Waals surface area contributed by atoms with E-state index in [4.69, 9.17) is 10.6 Å². The number of hydrogen-bond acceptors (Lipinski definition) is 6. The molecular weight excluding hydrogens is 320 g/mol. The van der Waals surface area contributed by atoms with E-state index in [1.54, 1.807) is 12.1 Å². The molecule has 1 fully saturated rings. The van der Waals surface area contributed by atoms with Crippen LogP contribution >= 0.6 is 0 Å². The number of amides is 1. The number of phenols is 1. The molecule has 3 atom stereocenters. The van der Waals surface area contributed by atoms with Crippen molar-refractivity contribution in [1.82, 2.24) is 16.3 Å². The normalized spacial score (nSPS) is 22.6. The van der Waals surface area contributed by atoms with Crippen LogP contribution in [0.1, 0.15) is 30.0 Å². The zero-order valence-corrected chi connectivity index (χ0v) is 13.9. The summed E-state index contributed by atoms with van der Waals surface area (Å²) in [4.78, 5) is 11.1. The number of rotatable bonds is 5. The average molecular weight is 342 g/mol. The first-order valence-corrected chi connectivity index (χ1v) is 8.11. The van der Waals surface area contributed by atoms with Gasteiger partial charge in [-0.2, -0.15) is 0 Å². The van der Waals surface area contributed by atoms with Gasteiger partial charge in [-0.3, -0.25) is 15.6 Å². The second-order valence-corrected chi connectivity index (χ2v) is 6.07. The number of ether oxygens (including phenoxy) is 1. The van der Waals surface area contributed by atoms with Gasteiger partial charge in [0.15, 0.2) is 6.61 Å². The molecule has 1 saturated heterocycles. The average Bonchev–Trinajstić information content (AvgIpc) is 3.01. The molecule has 7 nitrogen and oxygen atoms in total. The first-order chi connectivity index (χ1) is 12.1. The topological polar surface area (TPSA) is 109 Å². The molecule has 25 heavy (non-hydrogen) atoms. The summed E-state index contributed by atoms with van der Waals surface area (Å²) in [6.45, 7) is 1.90. The molecule has 2 aromatic rings. The van der Waals surface area contributed by atoms with Crippen LogP contribution in [0.15, 0.2) is 48.5 Å². The van der Waals surface area contributed by atoms with Crippen molar-refractivity contribution in [2.75, 3.05) is 6.61 Å². The number of hydrogen-bond donors (Lipinski definition) is 5. The fraction of sp³-hybridized carbons (Fsp3) is 0.278. The number of benzene rings is 2. The third-order valence-electron chi connectivity index (χ3n) is 4.42. The first-order valence-electron chi connectivity index (χ1n) is 8.11. The highest BCUT2D eigenvalue weighted by Crippen LogP contribution is 2.41. The lowest BCUT2D eigenvalue weighted by atomic mass is 9.84. The molecule has 3 unspecified atom stereocenters. The summed E-state index contributed by atoms with van der Waals surface area (Å²) >= 11 is 0. The lowest BCUT2D eigenvalue weighted by Crippen LogP contribution is -2.34. The van der Waals surface area contributed by atoms with Crippen LogP contribution in [0, 0.1) is 0 Å². The second kappa shape index (κ2) is 7.52. The fourth-order valence-corrected chi connectivity index (χ4v) is 3.18. The number of carbonyl (C=O) groups is 1. The van der Waals surface area contributed by atoms with E-state index >= 15 is 0 Å². The molecule has 1 aliphatic rings. The predicted octanol–water partition coefficient (Wildman–Crippen LogP) is 1.08. The van der Waals surface area contributed by atoms with Gasteiger partial charge in [0.1, 0.15) is 11.5 Å². The van der Waals surface area contributed by atoms with Crippen LogP contribution in [0.4, 0.5) is 0 Å². The number of aromatic hydroxyl groups is 1. The molecule has 3 rings (SSSR count). The van der Waals surface area contributed by atoms with Gasteiger partial charge >= 0.3 is 0 Å². The SMILES string of the molecule is CC1NNC(c2ccc(OCC(=O)NN)cc2O)C1c1ccccc1. The molecule has 0 radical (unpaired) electrons. The lowest BCUT2D eigenvalue weighted by molar-refractivity contribution is -0.123. The van der Waals surface area contributed by atoms with E-state index in [0.29, 0.717) is 5.75 Å². The molecule has 7 heteroatoms. The standard InChI is InChI=1S/C18H22N4O3/c1-11-17(12-5-3-2-4-6-12)18(22-21-11)14-8-7-13(9-15(14)23)25-10-16(24)20-19/h2-9,11,17-18,21-23H,10,19H2,1H3,(H,20,24). The van der Waals surface area contributed by atoms with Crippen molar-refractivity contribution in [2.45, 2.75) is 24.9 Å². The van der Waals surface area contributed by atoms with Crippen LogP contribution in [0.5, 0.6) is 11.5 Å². The molecular formula is C18H22N4O3. The lowest BCUT2D eigenvalue weighted by Gasteiger charge is -2.23. The summed E-state index contributed by atoms with van der Waals surface area (Å²) in [5.41, 5.74) is 10.5. The summed E-state index contributed by atoms with van der Waals surface area (Å²) in [6.07, 6.45) is 0. The summed E-state index contributed by atoms with van der Waals surface area (Å²) < 4.78 is 5.30. The van der Waals surface area contributed by atoms with Crippen molar-refractivity contribution in [1.29, 1.82) is 0 Å². The van der Waals surface area contributed by atoms with Crippen LogP contribution in [-0.4, -0.2) is 23.7 Å². The van der Waals surface area contributed by atoms with E-state index in [1.165, 1.54) is 11.6 Å². The van der Waals surface area contributed by atoms with Crippen LogP contribution in [0.2, 0.25) is 0 Å². The smallest absolute Gasteiger partial charge is 0.271 e. The minimum atomic E-state index is -0.441. The molecule has 0 spiro atoms. The van der Waals surface area contributed by atoms with Crippen molar-refractivity contribution in [2.24, 2.45) is 5.84 Å². The number of nitrogens with two attached hydrogens (primary N) is 1. The molecule has 1 amide bonds. The second-order valence-electron chi connectivity index (χ2n) is 6.07. The number of phenolic OH excluding ortho intramolecular Hbond substituents is 1. The summed E-state index contributed by atoms with van der Waals surface area (Å²) in [5.74, 6) is 5.25. The quantitative estimate of drug-likeness (QED) is 0.316. The Morgan fingerprint density at radius 2 is 2.00 bits per heavy atom. The Kier molecular flexibility index (Phi) is 5.18. The van der Waals surface area contributed by atoms with E-state index in [-0.39, 0.29) is 30.4 Å². The zero-order valence-electron chi connectivity index (χ0n) is 13.9. The Morgan fingerprint density at radius 3 is 2.68 bits per heavy atom. The van der Waals surface area contributed by atoms with Crippen LogP contribution in [-0.2, 0) is 4.79 Å². The number of hydrazine groups is 2. The van der Waals surface area contributed by atoms with Gasteiger partial charge in [0, 0.05) is 23.6 Å². The maximum atomic E-state index is 11.1. The van der Waals surface area contributed by atoms with Crippen molar-refractivity contribution >= 4 is 5.91 Å². The molecule has 0 aliphatic carbocycles. The van der Waals surface area contributed by atoms with Crippen LogP contribution in [0.25, 0.3) is 0 Å². The van der Waals surface area contributed by atoms with E-state index < -0.39 is 5.91 Å². The van der Waals surface area contributed by atoms with Crippen LogP contribution in [0.3, 0.4) is 0 Å². The molecule has 6 N–H and O–H groups in total. The third kappa shape index (κ3) is 3.74. The highest BCUT2D eigenvalue weighted by Gasteiger charge is 2.36.